The maximum atomic E-state index is 9.10. The fourth-order valence-electron chi connectivity index (χ4n) is 1.60. The van der Waals surface area contributed by atoms with Gasteiger partial charge in [0.2, 0.25) is 11.2 Å². The minimum Gasteiger partial charge on any atom is -0.493 e. The van der Waals surface area contributed by atoms with Crippen molar-refractivity contribution in [3.8, 4) is 17.4 Å². The van der Waals surface area contributed by atoms with Gasteiger partial charge in [0.1, 0.15) is 5.69 Å². The van der Waals surface area contributed by atoms with Crippen molar-refractivity contribution in [1.29, 1.82) is 0 Å². The lowest BCUT2D eigenvalue weighted by Gasteiger charge is -2.12. The molecule has 0 bridgehead atoms. The van der Waals surface area contributed by atoms with Crippen molar-refractivity contribution >= 4 is 17.3 Å². The molecule has 106 valence electrons. The Morgan fingerprint density at radius 2 is 2.05 bits per heavy atom. The summed E-state index contributed by atoms with van der Waals surface area (Å²) in [5, 5.41) is 9.15. The van der Waals surface area contributed by atoms with Gasteiger partial charge < -0.3 is 20.3 Å². The van der Waals surface area contributed by atoms with Crippen LogP contribution in [-0.2, 0) is 6.61 Å². The smallest absolute Gasteiger partial charge is 0.247 e. The van der Waals surface area contributed by atoms with Crippen LogP contribution in [0.1, 0.15) is 11.3 Å². The summed E-state index contributed by atoms with van der Waals surface area (Å²) in [7, 11) is 1.50. The van der Waals surface area contributed by atoms with E-state index in [1.165, 1.54) is 7.11 Å². The van der Waals surface area contributed by atoms with Gasteiger partial charge in [-0.3, -0.25) is 0 Å². The fraction of sp³-hybridized carbons (Fsp3) is 0.231. The highest BCUT2D eigenvalue weighted by molar-refractivity contribution is 6.28. The van der Waals surface area contributed by atoms with Crippen LogP contribution in [0.4, 0.5) is 5.69 Å². The van der Waals surface area contributed by atoms with E-state index >= 15 is 0 Å². The summed E-state index contributed by atoms with van der Waals surface area (Å²) in [6.07, 6.45) is 0. The van der Waals surface area contributed by atoms with E-state index in [4.69, 9.17) is 31.9 Å². The topological polar surface area (TPSA) is 90.5 Å². The zero-order chi connectivity index (χ0) is 14.7. The lowest BCUT2D eigenvalue weighted by atomic mass is 10.2. The zero-order valence-corrected chi connectivity index (χ0v) is 11.8. The molecule has 20 heavy (non-hydrogen) atoms. The Bertz CT molecular complexity index is 634. The Balaban J connectivity index is 2.39. The highest BCUT2D eigenvalue weighted by atomic mass is 35.5. The number of halogens is 1. The number of anilines is 1. The number of hydrogen-bond donors (Lipinski definition) is 2. The lowest BCUT2D eigenvalue weighted by molar-refractivity contribution is 0.280. The van der Waals surface area contributed by atoms with Gasteiger partial charge in [0.15, 0.2) is 11.5 Å². The second kappa shape index (κ2) is 5.94. The highest BCUT2D eigenvalue weighted by Gasteiger charge is 2.13. The number of aromatic nitrogens is 2. The summed E-state index contributed by atoms with van der Waals surface area (Å²) in [4.78, 5) is 7.88. The summed E-state index contributed by atoms with van der Waals surface area (Å²) in [5.74, 6) is 1.05. The van der Waals surface area contributed by atoms with Crippen LogP contribution in [0.25, 0.3) is 0 Å². The molecule has 1 heterocycles. The normalized spacial score (nSPS) is 10.4. The number of nitrogens with zero attached hydrogens (tertiary/aromatic N) is 2. The van der Waals surface area contributed by atoms with Gasteiger partial charge in [0.25, 0.3) is 0 Å². The van der Waals surface area contributed by atoms with Gasteiger partial charge in [-0.2, -0.15) is 4.98 Å². The number of aliphatic hydroxyl groups is 1. The van der Waals surface area contributed by atoms with E-state index in [1.807, 2.05) is 0 Å². The number of aryl methyl sites for hydroxylation is 1. The van der Waals surface area contributed by atoms with Gasteiger partial charge >= 0.3 is 0 Å². The molecule has 0 aliphatic rings. The maximum Gasteiger partial charge on any atom is 0.247 e. The average molecular weight is 296 g/mol. The predicted octanol–water partition coefficient (Wildman–Crippen LogP) is 2.31. The van der Waals surface area contributed by atoms with Gasteiger partial charge in [-0.1, -0.05) is 6.07 Å². The van der Waals surface area contributed by atoms with Crippen LogP contribution >= 0.6 is 11.6 Å². The molecule has 0 saturated carbocycles. The first-order valence-electron chi connectivity index (χ1n) is 5.80. The number of benzene rings is 1. The molecule has 0 saturated heterocycles. The number of ether oxygens (including phenoxy) is 2. The van der Waals surface area contributed by atoms with Crippen molar-refractivity contribution in [2.24, 2.45) is 0 Å². The number of rotatable bonds is 4. The molecule has 6 nitrogen and oxygen atoms in total. The van der Waals surface area contributed by atoms with Crippen molar-refractivity contribution in [3.63, 3.8) is 0 Å². The Kier molecular flexibility index (Phi) is 4.26. The third-order valence-electron chi connectivity index (χ3n) is 2.69. The van der Waals surface area contributed by atoms with E-state index in [0.717, 1.165) is 0 Å². The summed E-state index contributed by atoms with van der Waals surface area (Å²) in [6, 6.07) is 5.04. The highest BCUT2D eigenvalue weighted by Crippen LogP contribution is 2.34. The Morgan fingerprint density at radius 3 is 2.70 bits per heavy atom. The molecule has 2 rings (SSSR count). The maximum absolute atomic E-state index is 9.10. The third-order valence-corrected chi connectivity index (χ3v) is 2.86. The lowest BCUT2D eigenvalue weighted by Crippen LogP contribution is -2.02. The van der Waals surface area contributed by atoms with Crippen LogP contribution in [0.3, 0.4) is 0 Å². The number of nitrogens with two attached hydrogens (primary N) is 1. The third kappa shape index (κ3) is 2.92. The number of hydrogen-bond acceptors (Lipinski definition) is 6. The zero-order valence-electron chi connectivity index (χ0n) is 11.1. The predicted molar refractivity (Wildman–Crippen MR) is 75.2 cm³/mol. The van der Waals surface area contributed by atoms with Crippen LogP contribution in [0, 0.1) is 6.92 Å². The molecule has 0 amide bonds. The Hall–Kier alpha value is -2.05. The van der Waals surface area contributed by atoms with Crippen molar-refractivity contribution < 1.29 is 14.6 Å². The average Bonchev–Trinajstić information content (AvgIpc) is 2.44. The number of aliphatic hydroxyl groups excluding tert-OH is 1. The van der Waals surface area contributed by atoms with E-state index in [2.05, 4.69) is 9.97 Å². The van der Waals surface area contributed by atoms with Crippen LogP contribution in [0.5, 0.6) is 17.4 Å². The summed E-state index contributed by atoms with van der Waals surface area (Å²) >= 11 is 5.79. The minimum absolute atomic E-state index is 0.0534. The van der Waals surface area contributed by atoms with Crippen molar-refractivity contribution in [1.82, 2.24) is 9.97 Å². The number of methoxy groups -OCH3 is 1. The molecule has 0 fully saturated rings. The molecule has 1 aromatic carbocycles. The van der Waals surface area contributed by atoms with Crippen LogP contribution in [0.15, 0.2) is 18.2 Å². The molecule has 0 atom stereocenters. The van der Waals surface area contributed by atoms with Crippen molar-refractivity contribution in [2.75, 3.05) is 12.8 Å². The summed E-state index contributed by atoms with van der Waals surface area (Å²) < 4.78 is 10.8. The quantitative estimate of drug-likeness (QED) is 0.841. The van der Waals surface area contributed by atoms with Gasteiger partial charge in [0, 0.05) is 0 Å². The molecule has 0 unspecified atom stereocenters. The molecule has 1 aromatic heterocycles. The van der Waals surface area contributed by atoms with E-state index in [0.29, 0.717) is 28.4 Å². The monoisotopic (exact) mass is 295 g/mol. The van der Waals surface area contributed by atoms with E-state index in [9.17, 15) is 0 Å². The summed E-state index contributed by atoms with van der Waals surface area (Å²) in [6.45, 7) is 1.62. The fourth-order valence-corrected chi connectivity index (χ4v) is 1.80. The molecule has 2 aromatic rings. The van der Waals surface area contributed by atoms with Gasteiger partial charge in [-0.15, -0.1) is 0 Å². The van der Waals surface area contributed by atoms with E-state index in [-0.39, 0.29) is 17.8 Å². The molecule has 0 radical (unpaired) electrons. The van der Waals surface area contributed by atoms with Gasteiger partial charge in [-0.25, -0.2) is 4.98 Å². The van der Waals surface area contributed by atoms with Crippen molar-refractivity contribution in [2.45, 2.75) is 13.5 Å². The van der Waals surface area contributed by atoms with Gasteiger partial charge in [0.05, 0.1) is 19.4 Å². The largest absolute Gasteiger partial charge is 0.493 e. The second-order valence-electron chi connectivity index (χ2n) is 4.04. The molecular formula is C13H14ClN3O3. The molecule has 3 N–H and O–H groups in total. The number of nitrogen functional groups attached to an aromatic ring is 1. The first kappa shape index (κ1) is 14.4. The molecule has 0 spiro atoms. The Labute approximate surface area is 121 Å². The molecular weight excluding hydrogens is 282 g/mol. The first-order chi connectivity index (χ1) is 9.55. The molecule has 7 heteroatoms. The van der Waals surface area contributed by atoms with Crippen LogP contribution in [0.2, 0.25) is 5.28 Å². The molecule has 0 aliphatic heterocycles. The van der Waals surface area contributed by atoms with E-state index in [1.54, 1.807) is 25.1 Å². The second-order valence-corrected chi connectivity index (χ2v) is 4.38. The summed E-state index contributed by atoms with van der Waals surface area (Å²) in [5.41, 5.74) is 7.41. The minimum atomic E-state index is -0.0861. The molecule has 0 aliphatic carbocycles. The SMILES string of the molecule is COc1cc(CO)ccc1Oc1nc(Cl)nc(C)c1N. The first-order valence-corrected chi connectivity index (χ1v) is 6.18. The van der Waals surface area contributed by atoms with Gasteiger partial charge in [-0.05, 0) is 36.2 Å². The van der Waals surface area contributed by atoms with Crippen molar-refractivity contribution in [3.05, 3.63) is 34.7 Å². The van der Waals surface area contributed by atoms with Crippen LogP contribution < -0.4 is 15.2 Å². The standard InChI is InChI=1S/C13H14ClN3O3/c1-7-11(15)12(17-13(14)16-7)20-9-4-3-8(6-18)5-10(9)19-2/h3-5,18H,6,15H2,1-2H3. The Morgan fingerprint density at radius 1 is 1.30 bits per heavy atom. The van der Waals surface area contributed by atoms with Crippen LogP contribution in [-0.4, -0.2) is 22.2 Å². The van der Waals surface area contributed by atoms with E-state index < -0.39 is 0 Å².